The molecule has 0 bridgehead atoms. The van der Waals surface area contributed by atoms with Crippen LogP contribution >= 0.6 is 0 Å². The van der Waals surface area contributed by atoms with Crippen LogP contribution in [0.1, 0.15) is 5.69 Å². The summed E-state index contributed by atoms with van der Waals surface area (Å²) in [6, 6.07) is 5.46. The van der Waals surface area contributed by atoms with Gasteiger partial charge in [-0.2, -0.15) is 0 Å². The Hall–Kier alpha value is -0.802. The van der Waals surface area contributed by atoms with Crippen LogP contribution in [0.2, 0.25) is 0 Å². The van der Waals surface area contributed by atoms with Crippen LogP contribution in [0.15, 0.2) is 18.3 Å². The topological polar surface area (TPSA) is 36.7 Å². The maximum absolute atomic E-state index is 8.31. The third-order valence-electron chi connectivity index (χ3n) is 0.862. The van der Waals surface area contributed by atoms with Crippen LogP contribution in [0.25, 0.3) is 0 Å². The van der Waals surface area contributed by atoms with Crippen LogP contribution in [0, 0.1) is 11.3 Å². The Morgan fingerprint density at radius 1 is 1.56 bits per heavy atom. The van der Waals surface area contributed by atoms with E-state index in [0.29, 0.717) is 5.69 Å². The van der Waals surface area contributed by atoms with Crippen molar-refractivity contribution in [3.8, 4) is 6.07 Å². The number of nitrogens with zero attached hydrogens (tertiary/aromatic N) is 2. The van der Waals surface area contributed by atoms with Gasteiger partial charge in [-0.1, -0.05) is 0 Å². The van der Waals surface area contributed by atoms with E-state index < -0.39 is 0 Å². The molecule has 2 nitrogen and oxygen atoms in total. The van der Waals surface area contributed by atoms with Gasteiger partial charge in [-0.05, 0) is 0 Å². The molecule has 0 N–H and O–H groups in total. The van der Waals surface area contributed by atoms with Crippen LogP contribution < -0.4 is 4.35 Å². The first-order chi connectivity index (χ1) is 4.33. The molecule has 1 aromatic rings. The second kappa shape index (κ2) is 2.66. The first-order valence-corrected chi connectivity index (χ1v) is 3.32. The molecule has 3 heteroatoms. The van der Waals surface area contributed by atoms with Gasteiger partial charge in [0.2, 0.25) is 0 Å². The van der Waals surface area contributed by atoms with Crippen molar-refractivity contribution in [3.63, 3.8) is 0 Å². The predicted octanol–water partition coefficient (Wildman–Crippen LogP) is -0.253. The van der Waals surface area contributed by atoms with Crippen LogP contribution in [-0.4, -0.2) is 21.8 Å². The van der Waals surface area contributed by atoms with E-state index in [2.05, 4.69) is 21.8 Å². The van der Waals surface area contributed by atoms with Crippen LogP contribution in [-0.2, 0) is 0 Å². The minimum absolute atomic E-state index is 0.463. The fraction of sp³-hybridized carbons (Fsp3) is 0. The molecule has 0 aromatic carbocycles. The van der Waals surface area contributed by atoms with E-state index >= 15 is 0 Å². The summed E-state index contributed by atoms with van der Waals surface area (Å²) in [6.07, 6.45) is 1.65. The molecule has 0 atom stereocenters. The molecule has 0 aliphatic rings. The number of hydrogen-bond donors (Lipinski definition) is 0. The summed E-state index contributed by atoms with van der Waals surface area (Å²) < 4.78 is 1.02. The Kier molecular flexibility index (Phi) is 1.87. The number of pyridine rings is 1. The van der Waals surface area contributed by atoms with Crippen molar-refractivity contribution in [2.24, 2.45) is 0 Å². The fourth-order valence-electron chi connectivity index (χ4n) is 0.452. The van der Waals surface area contributed by atoms with Gasteiger partial charge in [-0.25, -0.2) is 0 Å². The third-order valence-corrected chi connectivity index (χ3v) is 1.42. The molecule has 1 rings (SSSR count). The first kappa shape index (κ1) is 6.32. The Morgan fingerprint density at radius 3 is 2.78 bits per heavy atom. The van der Waals surface area contributed by atoms with E-state index in [9.17, 15) is 0 Å². The SMILES string of the molecule is N#Cc1ccc([As])cn1. The number of nitriles is 1. The molecule has 0 unspecified atom stereocenters. The number of aromatic nitrogens is 1. The quantitative estimate of drug-likeness (QED) is 0.513. The Labute approximate surface area is 62.0 Å². The first-order valence-electron chi connectivity index (χ1n) is 2.38. The summed E-state index contributed by atoms with van der Waals surface area (Å²) in [5.74, 6) is 0. The van der Waals surface area contributed by atoms with Crippen molar-refractivity contribution in [1.29, 1.82) is 5.26 Å². The molecule has 0 spiro atoms. The summed E-state index contributed by atoms with van der Waals surface area (Å²) in [4.78, 5) is 3.82. The zero-order valence-electron chi connectivity index (χ0n) is 4.57. The molecular formula is C6H3AsN2. The summed E-state index contributed by atoms with van der Waals surface area (Å²) in [5, 5.41) is 8.31. The molecule has 1 heterocycles. The molecule has 0 aliphatic heterocycles. The van der Waals surface area contributed by atoms with Gasteiger partial charge in [0.25, 0.3) is 0 Å². The molecule has 1 aromatic heterocycles. The van der Waals surface area contributed by atoms with Crippen molar-refractivity contribution >= 4 is 21.2 Å². The maximum atomic E-state index is 8.31. The van der Waals surface area contributed by atoms with E-state index in [1.54, 1.807) is 12.3 Å². The molecule has 0 fully saturated rings. The molecule has 0 saturated carbocycles. The Morgan fingerprint density at radius 2 is 2.33 bits per heavy atom. The van der Waals surface area contributed by atoms with E-state index in [4.69, 9.17) is 5.26 Å². The Bertz CT molecular complexity index is 234. The van der Waals surface area contributed by atoms with Crippen LogP contribution in [0.3, 0.4) is 0 Å². The van der Waals surface area contributed by atoms with Gasteiger partial charge in [0, 0.05) is 0 Å². The molecule has 2 radical (unpaired) electrons. The molecule has 0 amide bonds. The van der Waals surface area contributed by atoms with Crippen LogP contribution in [0.4, 0.5) is 0 Å². The number of hydrogen-bond acceptors (Lipinski definition) is 2. The summed E-state index contributed by atoms with van der Waals surface area (Å²) in [5.41, 5.74) is 0.463. The van der Waals surface area contributed by atoms with Gasteiger partial charge < -0.3 is 0 Å². The molecule has 42 valence electrons. The predicted molar refractivity (Wildman–Crippen MR) is 34.3 cm³/mol. The van der Waals surface area contributed by atoms with Crippen molar-refractivity contribution in [2.45, 2.75) is 0 Å². The van der Waals surface area contributed by atoms with Crippen LogP contribution in [0.5, 0.6) is 0 Å². The van der Waals surface area contributed by atoms with Crippen molar-refractivity contribution in [2.75, 3.05) is 0 Å². The normalized spacial score (nSPS) is 8.44. The van der Waals surface area contributed by atoms with E-state index in [1.807, 2.05) is 12.1 Å². The summed E-state index contributed by atoms with van der Waals surface area (Å²) in [7, 11) is 0. The second-order valence-corrected chi connectivity index (χ2v) is 2.60. The zero-order chi connectivity index (χ0) is 6.69. The zero-order valence-corrected chi connectivity index (χ0v) is 6.45. The summed E-state index contributed by atoms with van der Waals surface area (Å²) in [6.45, 7) is 0. The summed E-state index contributed by atoms with van der Waals surface area (Å²) >= 11 is 2.36. The average Bonchev–Trinajstić information content (AvgIpc) is 1.90. The second-order valence-electron chi connectivity index (χ2n) is 1.51. The monoisotopic (exact) mass is 178 g/mol. The van der Waals surface area contributed by atoms with Gasteiger partial charge in [-0.3, -0.25) is 0 Å². The van der Waals surface area contributed by atoms with E-state index in [-0.39, 0.29) is 0 Å². The Balaban J connectivity index is 3.06. The molecule has 0 saturated heterocycles. The average molecular weight is 178 g/mol. The molecule has 0 aliphatic carbocycles. The molecule has 9 heavy (non-hydrogen) atoms. The van der Waals surface area contributed by atoms with Gasteiger partial charge >= 0.3 is 61.5 Å². The van der Waals surface area contributed by atoms with Crippen molar-refractivity contribution in [3.05, 3.63) is 24.0 Å². The minimum atomic E-state index is 0.463. The van der Waals surface area contributed by atoms with Gasteiger partial charge in [0.05, 0.1) is 0 Å². The van der Waals surface area contributed by atoms with Crippen molar-refractivity contribution < 1.29 is 0 Å². The number of rotatable bonds is 0. The standard InChI is InChI=1S/C6H3AsN2/c7-5-1-2-6(3-8)9-4-5/h1-2,4H. The van der Waals surface area contributed by atoms with E-state index in [1.165, 1.54) is 0 Å². The van der Waals surface area contributed by atoms with Crippen molar-refractivity contribution in [1.82, 2.24) is 4.98 Å². The van der Waals surface area contributed by atoms with Gasteiger partial charge in [0.1, 0.15) is 0 Å². The van der Waals surface area contributed by atoms with Gasteiger partial charge in [0.15, 0.2) is 0 Å². The van der Waals surface area contributed by atoms with E-state index in [0.717, 1.165) is 4.35 Å². The van der Waals surface area contributed by atoms with Gasteiger partial charge in [-0.15, -0.1) is 0 Å². The molecular weight excluding hydrogens is 175 g/mol. The fourth-order valence-corrected chi connectivity index (χ4v) is 0.730. The third kappa shape index (κ3) is 1.55.